The molecule has 3 amide bonds. The van der Waals surface area contributed by atoms with Gasteiger partial charge in [0.05, 0.1) is 17.8 Å². The number of nitrogens with one attached hydrogen (secondary N) is 2. The standard InChI is InChI=1S/C19H22N4O2/c1-14-9-10-20-12-17(14)22-18(24)15-6-5-11-23(13-15)19(25)21-16-7-3-2-4-8-16/h2-4,7-10,12,15H,5-6,11,13H2,1H3,(H,21,25)(H,22,24). The molecule has 1 aliphatic rings. The Balaban J connectivity index is 1.59. The van der Waals surface area contributed by atoms with E-state index in [1.165, 1.54) is 0 Å². The Hall–Kier alpha value is -2.89. The molecule has 130 valence electrons. The van der Waals surface area contributed by atoms with E-state index in [2.05, 4.69) is 15.6 Å². The van der Waals surface area contributed by atoms with Gasteiger partial charge in [-0.05, 0) is 43.5 Å². The van der Waals surface area contributed by atoms with E-state index in [1.807, 2.05) is 43.3 Å². The molecule has 1 aliphatic heterocycles. The molecule has 2 heterocycles. The molecule has 1 aromatic heterocycles. The van der Waals surface area contributed by atoms with E-state index < -0.39 is 0 Å². The minimum atomic E-state index is -0.213. The molecule has 6 nitrogen and oxygen atoms in total. The topological polar surface area (TPSA) is 74.3 Å². The first-order valence-corrected chi connectivity index (χ1v) is 8.46. The summed E-state index contributed by atoms with van der Waals surface area (Å²) in [7, 11) is 0. The maximum absolute atomic E-state index is 12.5. The van der Waals surface area contributed by atoms with Crippen molar-refractivity contribution in [1.29, 1.82) is 0 Å². The quantitative estimate of drug-likeness (QED) is 0.902. The van der Waals surface area contributed by atoms with Crippen LogP contribution in [0.5, 0.6) is 0 Å². The summed E-state index contributed by atoms with van der Waals surface area (Å²) in [4.78, 5) is 30.7. The minimum absolute atomic E-state index is 0.0617. The number of para-hydroxylation sites is 1. The van der Waals surface area contributed by atoms with Crippen LogP contribution in [0.15, 0.2) is 48.8 Å². The fourth-order valence-corrected chi connectivity index (χ4v) is 2.93. The molecule has 3 rings (SSSR count). The van der Waals surface area contributed by atoms with E-state index >= 15 is 0 Å². The molecule has 1 aromatic carbocycles. The average Bonchev–Trinajstić information content (AvgIpc) is 2.64. The number of piperidine rings is 1. The Morgan fingerprint density at radius 1 is 1.16 bits per heavy atom. The van der Waals surface area contributed by atoms with Gasteiger partial charge in [0.15, 0.2) is 0 Å². The summed E-state index contributed by atoms with van der Waals surface area (Å²) in [6, 6.07) is 11.0. The molecule has 0 aliphatic carbocycles. The third kappa shape index (κ3) is 4.35. The van der Waals surface area contributed by atoms with E-state index in [4.69, 9.17) is 0 Å². The molecule has 2 aromatic rings. The van der Waals surface area contributed by atoms with Gasteiger partial charge >= 0.3 is 6.03 Å². The largest absolute Gasteiger partial charge is 0.324 e. The van der Waals surface area contributed by atoms with Gasteiger partial charge in [0, 0.05) is 25.0 Å². The van der Waals surface area contributed by atoms with Gasteiger partial charge in [-0.1, -0.05) is 18.2 Å². The summed E-state index contributed by atoms with van der Waals surface area (Å²) >= 11 is 0. The highest BCUT2D eigenvalue weighted by atomic mass is 16.2. The van der Waals surface area contributed by atoms with Crippen molar-refractivity contribution in [3.05, 3.63) is 54.4 Å². The highest BCUT2D eigenvalue weighted by Crippen LogP contribution is 2.20. The van der Waals surface area contributed by atoms with Crippen molar-refractivity contribution in [2.75, 3.05) is 23.7 Å². The van der Waals surface area contributed by atoms with Crippen LogP contribution in [0.2, 0.25) is 0 Å². The maximum Gasteiger partial charge on any atom is 0.321 e. The molecule has 1 atom stereocenters. The number of carbonyl (C=O) groups excluding carboxylic acids is 2. The van der Waals surface area contributed by atoms with E-state index in [-0.39, 0.29) is 17.9 Å². The van der Waals surface area contributed by atoms with Crippen LogP contribution in [-0.4, -0.2) is 34.9 Å². The van der Waals surface area contributed by atoms with Gasteiger partial charge < -0.3 is 15.5 Å². The fourth-order valence-electron chi connectivity index (χ4n) is 2.93. The molecular formula is C19H22N4O2. The third-order valence-electron chi connectivity index (χ3n) is 4.40. The van der Waals surface area contributed by atoms with Crippen molar-refractivity contribution in [1.82, 2.24) is 9.88 Å². The Morgan fingerprint density at radius 3 is 2.72 bits per heavy atom. The maximum atomic E-state index is 12.5. The predicted octanol–water partition coefficient (Wildman–Crippen LogP) is 3.27. The highest BCUT2D eigenvalue weighted by molar-refractivity contribution is 5.94. The first-order valence-electron chi connectivity index (χ1n) is 8.46. The van der Waals surface area contributed by atoms with Gasteiger partial charge in [0.2, 0.25) is 5.91 Å². The van der Waals surface area contributed by atoms with E-state index in [1.54, 1.807) is 17.3 Å². The average molecular weight is 338 g/mol. The number of aromatic nitrogens is 1. The Labute approximate surface area is 147 Å². The van der Waals surface area contributed by atoms with E-state index in [0.717, 1.165) is 29.8 Å². The third-order valence-corrected chi connectivity index (χ3v) is 4.40. The summed E-state index contributed by atoms with van der Waals surface area (Å²) in [5.74, 6) is -0.275. The molecule has 0 bridgehead atoms. The number of benzene rings is 1. The van der Waals surface area contributed by atoms with Crippen molar-refractivity contribution in [3.8, 4) is 0 Å². The molecule has 2 N–H and O–H groups in total. The van der Waals surface area contributed by atoms with Crippen molar-refractivity contribution >= 4 is 23.3 Å². The number of nitrogens with zero attached hydrogens (tertiary/aromatic N) is 2. The molecular weight excluding hydrogens is 316 g/mol. The summed E-state index contributed by atoms with van der Waals surface area (Å²) in [5.41, 5.74) is 2.45. The van der Waals surface area contributed by atoms with Gasteiger partial charge in [-0.15, -0.1) is 0 Å². The van der Waals surface area contributed by atoms with Crippen molar-refractivity contribution < 1.29 is 9.59 Å². The van der Waals surface area contributed by atoms with Crippen molar-refractivity contribution in [3.63, 3.8) is 0 Å². The van der Waals surface area contributed by atoms with Crippen LogP contribution in [0.4, 0.5) is 16.2 Å². The van der Waals surface area contributed by atoms with E-state index in [0.29, 0.717) is 13.1 Å². The molecule has 0 saturated carbocycles. The highest BCUT2D eigenvalue weighted by Gasteiger charge is 2.28. The van der Waals surface area contributed by atoms with Crippen LogP contribution >= 0.6 is 0 Å². The lowest BCUT2D eigenvalue weighted by Crippen LogP contribution is -2.45. The molecule has 25 heavy (non-hydrogen) atoms. The lowest BCUT2D eigenvalue weighted by Gasteiger charge is -2.32. The van der Waals surface area contributed by atoms with Gasteiger partial charge in [-0.3, -0.25) is 9.78 Å². The van der Waals surface area contributed by atoms with Gasteiger partial charge in [-0.2, -0.15) is 0 Å². The molecule has 1 fully saturated rings. The van der Waals surface area contributed by atoms with Crippen LogP contribution < -0.4 is 10.6 Å². The smallest absolute Gasteiger partial charge is 0.321 e. The number of hydrogen-bond acceptors (Lipinski definition) is 3. The first-order chi connectivity index (χ1) is 12.1. The van der Waals surface area contributed by atoms with Crippen LogP contribution in [0, 0.1) is 12.8 Å². The Bertz CT molecular complexity index is 748. The van der Waals surface area contributed by atoms with Crippen LogP contribution in [-0.2, 0) is 4.79 Å². The fraction of sp³-hybridized carbons (Fsp3) is 0.316. The lowest BCUT2D eigenvalue weighted by molar-refractivity contribution is -0.121. The first kappa shape index (κ1) is 17.0. The zero-order valence-electron chi connectivity index (χ0n) is 14.2. The normalized spacial score (nSPS) is 17.0. The zero-order valence-corrected chi connectivity index (χ0v) is 14.2. The molecule has 1 saturated heterocycles. The van der Waals surface area contributed by atoms with Gasteiger partial charge in [-0.25, -0.2) is 4.79 Å². The predicted molar refractivity (Wildman–Crippen MR) is 97.4 cm³/mol. The lowest BCUT2D eigenvalue weighted by atomic mass is 9.97. The number of rotatable bonds is 3. The van der Waals surface area contributed by atoms with E-state index in [9.17, 15) is 9.59 Å². The number of carbonyl (C=O) groups is 2. The molecule has 0 spiro atoms. The minimum Gasteiger partial charge on any atom is -0.324 e. The second-order valence-corrected chi connectivity index (χ2v) is 6.26. The number of hydrogen-bond donors (Lipinski definition) is 2. The summed E-state index contributed by atoms with van der Waals surface area (Å²) in [6.07, 6.45) is 4.93. The number of amides is 3. The van der Waals surface area contributed by atoms with Gasteiger partial charge in [0.1, 0.15) is 0 Å². The van der Waals surface area contributed by atoms with Crippen LogP contribution in [0.1, 0.15) is 18.4 Å². The number of anilines is 2. The SMILES string of the molecule is Cc1ccncc1NC(=O)C1CCCN(C(=O)Nc2ccccc2)C1. The van der Waals surface area contributed by atoms with Crippen molar-refractivity contribution in [2.24, 2.45) is 5.92 Å². The molecule has 6 heteroatoms. The van der Waals surface area contributed by atoms with Crippen LogP contribution in [0.25, 0.3) is 0 Å². The number of likely N-dealkylation sites (tertiary alicyclic amines) is 1. The second-order valence-electron chi connectivity index (χ2n) is 6.26. The number of pyridine rings is 1. The zero-order chi connectivity index (χ0) is 17.6. The summed E-state index contributed by atoms with van der Waals surface area (Å²) in [6.45, 7) is 3.01. The monoisotopic (exact) mass is 338 g/mol. The summed E-state index contributed by atoms with van der Waals surface area (Å²) < 4.78 is 0. The van der Waals surface area contributed by atoms with Crippen molar-refractivity contribution in [2.45, 2.75) is 19.8 Å². The number of aryl methyl sites for hydroxylation is 1. The Kier molecular flexibility index (Phi) is 5.28. The molecule has 1 unspecified atom stereocenters. The van der Waals surface area contributed by atoms with Gasteiger partial charge in [0.25, 0.3) is 0 Å². The molecule has 0 radical (unpaired) electrons. The van der Waals surface area contributed by atoms with Crippen LogP contribution in [0.3, 0.4) is 0 Å². The number of urea groups is 1. The summed E-state index contributed by atoms with van der Waals surface area (Å²) in [5, 5.41) is 5.80. The second kappa shape index (κ2) is 7.79. The Morgan fingerprint density at radius 2 is 1.96 bits per heavy atom.